The molecule has 2 rings (SSSR count). The highest BCUT2D eigenvalue weighted by atomic mass is 79.9. The molecular formula is C16H13BrClNO4. The van der Waals surface area contributed by atoms with Gasteiger partial charge in [0.1, 0.15) is 5.70 Å². The van der Waals surface area contributed by atoms with Crippen LogP contribution in [0.5, 0.6) is 0 Å². The number of nitrogens with zero attached hydrogens (tertiary/aromatic N) is 1. The number of carbonyl (C=O) groups is 2. The summed E-state index contributed by atoms with van der Waals surface area (Å²) in [5.74, 6) is -1.33. The molecule has 0 aromatic heterocycles. The van der Waals surface area contributed by atoms with E-state index in [0.717, 1.165) is 4.47 Å². The summed E-state index contributed by atoms with van der Waals surface area (Å²) in [6.45, 7) is 0. The van der Waals surface area contributed by atoms with Crippen molar-refractivity contribution in [3.05, 3.63) is 63.4 Å². The summed E-state index contributed by atoms with van der Waals surface area (Å²) >= 11 is 9.60. The van der Waals surface area contributed by atoms with Crippen LogP contribution in [0.3, 0.4) is 0 Å². The quantitative estimate of drug-likeness (QED) is 0.728. The molecule has 7 heteroatoms. The van der Waals surface area contributed by atoms with Crippen molar-refractivity contribution in [2.45, 2.75) is 0 Å². The number of rotatable bonds is 3. The normalized spacial score (nSPS) is 13.8. The van der Waals surface area contributed by atoms with Crippen LogP contribution in [0, 0.1) is 0 Å². The number of benzene rings is 1. The maximum atomic E-state index is 12.3. The minimum absolute atomic E-state index is 0.0218. The third kappa shape index (κ3) is 3.65. The van der Waals surface area contributed by atoms with Crippen molar-refractivity contribution in [3.63, 3.8) is 0 Å². The van der Waals surface area contributed by atoms with E-state index in [2.05, 4.69) is 15.9 Å². The monoisotopic (exact) mass is 397 g/mol. The van der Waals surface area contributed by atoms with Gasteiger partial charge >= 0.3 is 11.9 Å². The standard InChI is InChI=1S/C16H13BrClNO4/c1-22-15(20)11-5-3-4-8-19(14(11)16(21)23-2)13-7-6-10(17)9-12(13)18/h3-9H,1-2H3. The molecule has 0 saturated carbocycles. The highest BCUT2D eigenvalue weighted by Crippen LogP contribution is 2.33. The van der Waals surface area contributed by atoms with Crippen molar-refractivity contribution in [2.24, 2.45) is 0 Å². The van der Waals surface area contributed by atoms with Gasteiger partial charge in [0.05, 0.1) is 30.5 Å². The summed E-state index contributed by atoms with van der Waals surface area (Å²) in [6.07, 6.45) is 6.41. The summed E-state index contributed by atoms with van der Waals surface area (Å²) in [5.41, 5.74) is 0.619. The number of esters is 2. The average molecular weight is 399 g/mol. The Morgan fingerprint density at radius 1 is 1.13 bits per heavy atom. The number of allylic oxidation sites excluding steroid dienone is 2. The molecule has 0 amide bonds. The van der Waals surface area contributed by atoms with E-state index in [-0.39, 0.29) is 11.3 Å². The highest BCUT2D eigenvalue weighted by Gasteiger charge is 2.28. The molecule has 0 saturated heterocycles. The summed E-state index contributed by atoms with van der Waals surface area (Å²) < 4.78 is 10.4. The topological polar surface area (TPSA) is 55.8 Å². The zero-order valence-electron chi connectivity index (χ0n) is 12.4. The maximum Gasteiger partial charge on any atom is 0.355 e. The van der Waals surface area contributed by atoms with E-state index in [1.54, 1.807) is 36.6 Å². The molecule has 0 N–H and O–H groups in total. The van der Waals surface area contributed by atoms with Crippen molar-refractivity contribution in [3.8, 4) is 0 Å². The number of carbonyl (C=O) groups excluding carboxylic acids is 2. The third-order valence-corrected chi connectivity index (χ3v) is 3.85. The molecule has 0 fully saturated rings. The van der Waals surface area contributed by atoms with Crippen LogP contribution in [0.15, 0.2) is 58.4 Å². The second-order valence-corrected chi connectivity index (χ2v) is 5.73. The van der Waals surface area contributed by atoms with Crippen LogP contribution in [-0.2, 0) is 19.1 Å². The molecule has 5 nitrogen and oxygen atoms in total. The lowest BCUT2D eigenvalue weighted by Gasteiger charge is -2.24. The molecule has 0 unspecified atom stereocenters. The van der Waals surface area contributed by atoms with E-state index >= 15 is 0 Å². The molecule has 0 atom stereocenters. The number of hydrogen-bond acceptors (Lipinski definition) is 5. The fourth-order valence-electron chi connectivity index (χ4n) is 2.03. The van der Waals surface area contributed by atoms with E-state index in [9.17, 15) is 9.59 Å². The Morgan fingerprint density at radius 3 is 2.43 bits per heavy atom. The van der Waals surface area contributed by atoms with Crippen LogP contribution in [0.2, 0.25) is 5.02 Å². The molecule has 0 aliphatic carbocycles. The SMILES string of the molecule is COC(=O)C1=C(C(=O)OC)N(c2ccc(Br)cc2Cl)C=CC=C1. The van der Waals surface area contributed by atoms with Gasteiger partial charge in [-0.1, -0.05) is 33.6 Å². The van der Waals surface area contributed by atoms with E-state index in [4.69, 9.17) is 21.1 Å². The third-order valence-electron chi connectivity index (χ3n) is 3.06. The Hall–Kier alpha value is -2.05. The first-order chi connectivity index (χ1) is 11.0. The van der Waals surface area contributed by atoms with Gasteiger partial charge in [0.25, 0.3) is 0 Å². The van der Waals surface area contributed by atoms with Crippen LogP contribution in [0.1, 0.15) is 0 Å². The van der Waals surface area contributed by atoms with Crippen molar-refractivity contribution >= 4 is 45.2 Å². The van der Waals surface area contributed by atoms with Crippen LogP contribution < -0.4 is 4.90 Å². The minimum atomic E-state index is -0.680. The van der Waals surface area contributed by atoms with Gasteiger partial charge in [-0.25, -0.2) is 9.59 Å². The molecule has 0 bridgehead atoms. The van der Waals surface area contributed by atoms with Crippen LogP contribution in [0.4, 0.5) is 5.69 Å². The second kappa shape index (κ2) is 7.48. The second-order valence-electron chi connectivity index (χ2n) is 4.41. The van der Waals surface area contributed by atoms with Crippen molar-refractivity contribution in [2.75, 3.05) is 19.1 Å². The predicted molar refractivity (Wildman–Crippen MR) is 91.0 cm³/mol. The Bertz CT molecular complexity index is 740. The van der Waals surface area contributed by atoms with Crippen LogP contribution in [-0.4, -0.2) is 26.2 Å². The number of anilines is 1. The first-order valence-corrected chi connectivity index (χ1v) is 7.66. The Labute approximate surface area is 146 Å². The molecule has 1 heterocycles. The lowest BCUT2D eigenvalue weighted by atomic mass is 10.1. The molecule has 1 aliphatic rings. The highest BCUT2D eigenvalue weighted by molar-refractivity contribution is 9.10. The zero-order chi connectivity index (χ0) is 17.0. The summed E-state index contributed by atoms with van der Waals surface area (Å²) in [4.78, 5) is 25.8. The molecule has 1 aromatic rings. The number of hydrogen-bond donors (Lipinski definition) is 0. The molecule has 0 radical (unpaired) electrons. The van der Waals surface area contributed by atoms with Gasteiger partial charge in [-0.15, -0.1) is 0 Å². The Balaban J connectivity index is 2.68. The minimum Gasteiger partial charge on any atom is -0.465 e. The van der Waals surface area contributed by atoms with Crippen molar-refractivity contribution < 1.29 is 19.1 Å². The van der Waals surface area contributed by atoms with Gasteiger partial charge in [0, 0.05) is 10.7 Å². The summed E-state index contributed by atoms with van der Waals surface area (Å²) in [7, 11) is 2.48. The van der Waals surface area contributed by atoms with Crippen LogP contribution >= 0.6 is 27.5 Å². The first kappa shape index (κ1) is 17.3. The molecular weight excluding hydrogens is 386 g/mol. The van der Waals surface area contributed by atoms with Crippen molar-refractivity contribution in [1.29, 1.82) is 0 Å². The number of halogens is 2. The van der Waals surface area contributed by atoms with Gasteiger partial charge < -0.3 is 14.4 Å². The van der Waals surface area contributed by atoms with E-state index < -0.39 is 11.9 Å². The molecule has 1 aliphatic heterocycles. The average Bonchev–Trinajstić information content (AvgIpc) is 2.76. The van der Waals surface area contributed by atoms with Gasteiger partial charge in [0.15, 0.2) is 0 Å². The fourth-order valence-corrected chi connectivity index (χ4v) is 2.79. The molecule has 23 heavy (non-hydrogen) atoms. The Morgan fingerprint density at radius 2 is 1.83 bits per heavy atom. The molecule has 0 spiro atoms. The number of ether oxygens (including phenoxy) is 2. The van der Waals surface area contributed by atoms with E-state index in [1.807, 2.05) is 0 Å². The van der Waals surface area contributed by atoms with E-state index in [0.29, 0.717) is 10.7 Å². The predicted octanol–water partition coefficient (Wildman–Crippen LogP) is 3.59. The van der Waals surface area contributed by atoms with Gasteiger partial charge in [-0.05, 0) is 30.4 Å². The summed E-state index contributed by atoms with van der Waals surface area (Å²) in [6, 6.07) is 5.19. The van der Waals surface area contributed by atoms with Gasteiger partial charge in [0.2, 0.25) is 0 Å². The lowest BCUT2D eigenvalue weighted by molar-refractivity contribution is -0.139. The summed E-state index contributed by atoms with van der Waals surface area (Å²) in [5, 5.41) is 0.400. The van der Waals surface area contributed by atoms with E-state index in [1.165, 1.54) is 25.2 Å². The number of methoxy groups -OCH3 is 2. The lowest BCUT2D eigenvalue weighted by Crippen LogP contribution is -2.27. The van der Waals surface area contributed by atoms with Crippen LogP contribution in [0.25, 0.3) is 0 Å². The van der Waals surface area contributed by atoms with Crippen molar-refractivity contribution in [1.82, 2.24) is 0 Å². The van der Waals surface area contributed by atoms with Gasteiger partial charge in [-0.3, -0.25) is 0 Å². The maximum absolute atomic E-state index is 12.3. The Kier molecular flexibility index (Phi) is 5.63. The van der Waals surface area contributed by atoms with Gasteiger partial charge in [-0.2, -0.15) is 0 Å². The first-order valence-electron chi connectivity index (χ1n) is 6.49. The largest absolute Gasteiger partial charge is 0.465 e. The zero-order valence-corrected chi connectivity index (χ0v) is 14.7. The molecule has 120 valence electrons. The molecule has 1 aromatic carbocycles. The fraction of sp³-hybridized carbons (Fsp3) is 0.125. The smallest absolute Gasteiger partial charge is 0.355 e.